The summed E-state index contributed by atoms with van der Waals surface area (Å²) < 4.78 is 4.85. The fourth-order valence-corrected chi connectivity index (χ4v) is 1.67. The molecule has 1 aliphatic rings. The van der Waals surface area contributed by atoms with Crippen molar-refractivity contribution in [2.45, 2.75) is 12.8 Å². The molecule has 1 amide bonds. The van der Waals surface area contributed by atoms with Crippen molar-refractivity contribution in [1.29, 1.82) is 0 Å². The lowest BCUT2D eigenvalue weighted by Gasteiger charge is -2.06. The molecule has 15 heavy (non-hydrogen) atoms. The first kappa shape index (κ1) is 9.71. The third-order valence-electron chi connectivity index (χ3n) is 2.31. The number of para-hydroxylation sites is 1. The van der Waals surface area contributed by atoms with Gasteiger partial charge in [-0.25, -0.2) is 0 Å². The van der Waals surface area contributed by atoms with E-state index in [1.54, 1.807) is 25.1 Å². The second kappa shape index (κ2) is 3.73. The Morgan fingerprint density at radius 3 is 2.93 bits per heavy atom. The fourth-order valence-electron chi connectivity index (χ4n) is 1.67. The molecule has 78 valence electrons. The molecule has 0 fully saturated rings. The quantitative estimate of drug-likeness (QED) is 0.584. The van der Waals surface area contributed by atoms with Crippen molar-refractivity contribution in [2.24, 2.45) is 0 Å². The van der Waals surface area contributed by atoms with Gasteiger partial charge in [-0.2, -0.15) is 0 Å². The standard InChI is InChI=1S/C11H11NO3/c1-2-15-11(14)9-7-5-3-4-6-8(7)12-10(9)13/h3-6,9H,2H2,1H3,(H,12,13)/t9-/m0/s1. The van der Waals surface area contributed by atoms with Crippen molar-refractivity contribution >= 4 is 17.6 Å². The number of carbonyl (C=O) groups is 2. The highest BCUT2D eigenvalue weighted by molar-refractivity contribution is 6.14. The lowest BCUT2D eigenvalue weighted by molar-refractivity contribution is -0.147. The molecule has 0 saturated carbocycles. The summed E-state index contributed by atoms with van der Waals surface area (Å²) in [6.07, 6.45) is 0. The van der Waals surface area contributed by atoms with Crippen LogP contribution in [0.4, 0.5) is 5.69 Å². The Balaban J connectivity index is 2.33. The average molecular weight is 205 g/mol. The lowest BCUT2D eigenvalue weighted by Crippen LogP contribution is -2.22. The van der Waals surface area contributed by atoms with Gasteiger partial charge in [-0.3, -0.25) is 9.59 Å². The van der Waals surface area contributed by atoms with Crippen LogP contribution in [0.5, 0.6) is 0 Å². The molecule has 0 radical (unpaired) electrons. The second-order valence-electron chi connectivity index (χ2n) is 3.26. The monoisotopic (exact) mass is 205 g/mol. The van der Waals surface area contributed by atoms with Crippen molar-refractivity contribution in [1.82, 2.24) is 0 Å². The van der Waals surface area contributed by atoms with Gasteiger partial charge < -0.3 is 10.1 Å². The van der Waals surface area contributed by atoms with Crippen molar-refractivity contribution < 1.29 is 14.3 Å². The van der Waals surface area contributed by atoms with Gasteiger partial charge in [0.1, 0.15) is 0 Å². The number of hydrogen-bond acceptors (Lipinski definition) is 3. The Morgan fingerprint density at radius 1 is 1.47 bits per heavy atom. The highest BCUT2D eigenvalue weighted by Crippen LogP contribution is 2.32. The van der Waals surface area contributed by atoms with Crippen LogP contribution in [-0.2, 0) is 14.3 Å². The maximum atomic E-state index is 11.5. The van der Waals surface area contributed by atoms with Crippen LogP contribution in [0.15, 0.2) is 24.3 Å². The second-order valence-corrected chi connectivity index (χ2v) is 3.26. The Bertz CT molecular complexity index is 414. The minimum atomic E-state index is -0.804. The lowest BCUT2D eigenvalue weighted by atomic mass is 10.0. The van der Waals surface area contributed by atoms with E-state index in [0.717, 1.165) is 0 Å². The summed E-state index contributed by atoms with van der Waals surface area (Å²) in [5.41, 5.74) is 1.39. The van der Waals surface area contributed by atoms with Crippen LogP contribution >= 0.6 is 0 Å². The predicted octanol–water partition coefficient (Wildman–Crippen LogP) is 1.29. The molecule has 1 atom stereocenters. The van der Waals surface area contributed by atoms with Crippen molar-refractivity contribution in [3.05, 3.63) is 29.8 Å². The number of benzene rings is 1. The van der Waals surface area contributed by atoms with Gasteiger partial charge in [-0.05, 0) is 18.6 Å². The maximum Gasteiger partial charge on any atom is 0.323 e. The highest BCUT2D eigenvalue weighted by Gasteiger charge is 2.37. The smallest absolute Gasteiger partial charge is 0.323 e. The van der Waals surface area contributed by atoms with Crippen LogP contribution in [0.2, 0.25) is 0 Å². The van der Waals surface area contributed by atoms with E-state index in [0.29, 0.717) is 11.3 Å². The molecular weight excluding hydrogens is 194 g/mol. The number of rotatable bonds is 2. The van der Waals surface area contributed by atoms with E-state index in [4.69, 9.17) is 4.74 Å². The van der Waals surface area contributed by atoms with Gasteiger partial charge >= 0.3 is 5.97 Å². The van der Waals surface area contributed by atoms with Gasteiger partial charge in [0.15, 0.2) is 5.92 Å². The molecule has 1 aromatic rings. The zero-order valence-electron chi connectivity index (χ0n) is 8.32. The molecule has 0 saturated heterocycles. The van der Waals surface area contributed by atoms with Gasteiger partial charge in [-0.15, -0.1) is 0 Å². The number of fused-ring (bicyclic) bond motifs is 1. The molecule has 4 nitrogen and oxygen atoms in total. The molecule has 0 bridgehead atoms. The van der Waals surface area contributed by atoms with E-state index in [1.807, 2.05) is 6.07 Å². The molecule has 1 aromatic carbocycles. The molecule has 1 N–H and O–H groups in total. The zero-order valence-corrected chi connectivity index (χ0v) is 8.32. The van der Waals surface area contributed by atoms with Crippen molar-refractivity contribution in [2.75, 3.05) is 11.9 Å². The van der Waals surface area contributed by atoms with E-state index >= 15 is 0 Å². The van der Waals surface area contributed by atoms with Gasteiger partial charge in [0.05, 0.1) is 6.61 Å². The zero-order chi connectivity index (χ0) is 10.8. The van der Waals surface area contributed by atoms with Gasteiger partial charge in [0.2, 0.25) is 5.91 Å². The summed E-state index contributed by atoms with van der Waals surface area (Å²) >= 11 is 0. The summed E-state index contributed by atoms with van der Waals surface area (Å²) in [7, 11) is 0. The minimum Gasteiger partial charge on any atom is -0.465 e. The maximum absolute atomic E-state index is 11.5. The first-order valence-electron chi connectivity index (χ1n) is 4.80. The van der Waals surface area contributed by atoms with Crippen LogP contribution in [0.1, 0.15) is 18.4 Å². The predicted molar refractivity (Wildman–Crippen MR) is 54.4 cm³/mol. The SMILES string of the molecule is CCOC(=O)[C@@H]1C(=O)Nc2ccccc21. The molecule has 0 spiro atoms. The number of amides is 1. The molecule has 2 rings (SSSR count). The van der Waals surface area contributed by atoms with E-state index in [-0.39, 0.29) is 12.5 Å². The van der Waals surface area contributed by atoms with Crippen LogP contribution in [0.3, 0.4) is 0 Å². The van der Waals surface area contributed by atoms with Crippen molar-refractivity contribution in [3.8, 4) is 0 Å². The molecule has 0 unspecified atom stereocenters. The number of carbonyl (C=O) groups excluding carboxylic acids is 2. The average Bonchev–Trinajstić information content (AvgIpc) is 2.54. The normalized spacial score (nSPS) is 18.2. The third kappa shape index (κ3) is 1.58. The van der Waals surface area contributed by atoms with E-state index in [2.05, 4.69) is 5.32 Å². The summed E-state index contributed by atoms with van der Waals surface area (Å²) in [4.78, 5) is 23.1. The number of hydrogen-bond donors (Lipinski definition) is 1. The number of esters is 1. The molecule has 0 aliphatic carbocycles. The van der Waals surface area contributed by atoms with Gasteiger partial charge in [0.25, 0.3) is 0 Å². The Hall–Kier alpha value is -1.84. The van der Waals surface area contributed by atoms with Crippen LogP contribution < -0.4 is 5.32 Å². The first-order valence-corrected chi connectivity index (χ1v) is 4.80. The molecule has 1 heterocycles. The van der Waals surface area contributed by atoms with Gasteiger partial charge in [-0.1, -0.05) is 18.2 Å². The van der Waals surface area contributed by atoms with E-state index in [1.165, 1.54) is 0 Å². The summed E-state index contributed by atoms with van der Waals surface area (Å²) in [6, 6.07) is 7.14. The number of anilines is 1. The van der Waals surface area contributed by atoms with E-state index in [9.17, 15) is 9.59 Å². The third-order valence-corrected chi connectivity index (χ3v) is 2.31. The Labute approximate surface area is 87.2 Å². The Morgan fingerprint density at radius 2 is 2.20 bits per heavy atom. The fraction of sp³-hybridized carbons (Fsp3) is 0.273. The minimum absolute atomic E-state index is 0.283. The summed E-state index contributed by atoms with van der Waals surface area (Å²) in [5.74, 6) is -1.60. The Kier molecular flexibility index (Phi) is 2.41. The van der Waals surface area contributed by atoms with E-state index < -0.39 is 11.9 Å². The summed E-state index contributed by atoms with van der Waals surface area (Å²) in [6.45, 7) is 2.00. The van der Waals surface area contributed by atoms with Crippen LogP contribution in [0, 0.1) is 0 Å². The van der Waals surface area contributed by atoms with Crippen LogP contribution in [-0.4, -0.2) is 18.5 Å². The van der Waals surface area contributed by atoms with Gasteiger partial charge in [0, 0.05) is 5.69 Å². The highest BCUT2D eigenvalue weighted by atomic mass is 16.5. The van der Waals surface area contributed by atoms with Crippen molar-refractivity contribution in [3.63, 3.8) is 0 Å². The molecule has 4 heteroatoms. The molecule has 1 aliphatic heterocycles. The summed E-state index contributed by atoms with van der Waals surface area (Å²) in [5, 5.41) is 2.65. The number of ether oxygens (including phenoxy) is 1. The molecular formula is C11H11NO3. The topological polar surface area (TPSA) is 55.4 Å². The first-order chi connectivity index (χ1) is 7.24. The molecule has 0 aromatic heterocycles. The van der Waals surface area contributed by atoms with Crippen LogP contribution in [0.25, 0.3) is 0 Å². The largest absolute Gasteiger partial charge is 0.465 e. The number of nitrogens with one attached hydrogen (secondary N) is 1.